The lowest BCUT2D eigenvalue weighted by Gasteiger charge is -2.22. The molecule has 4 rings (SSSR count). The molecule has 0 spiro atoms. The second-order valence-corrected chi connectivity index (χ2v) is 10.5. The van der Waals surface area contributed by atoms with Gasteiger partial charge in [-0.1, -0.05) is 62.1 Å². The van der Waals surface area contributed by atoms with Crippen LogP contribution in [0.4, 0.5) is 5.00 Å². The molecule has 34 heavy (non-hydrogen) atoms. The number of rotatable bonds is 7. The van der Waals surface area contributed by atoms with Crippen molar-refractivity contribution < 1.29 is 14.3 Å². The Labute approximate surface area is 210 Å². The topological polar surface area (TPSA) is 55.4 Å². The Morgan fingerprint density at radius 3 is 2.35 bits per heavy atom. The van der Waals surface area contributed by atoms with Gasteiger partial charge in [-0.3, -0.25) is 4.79 Å². The van der Waals surface area contributed by atoms with Crippen LogP contribution in [0.3, 0.4) is 0 Å². The van der Waals surface area contributed by atoms with E-state index in [9.17, 15) is 9.59 Å². The van der Waals surface area contributed by atoms with Crippen molar-refractivity contribution in [3.05, 3.63) is 75.1 Å². The average Bonchev–Trinajstić information content (AvgIpc) is 3.19. The quantitative estimate of drug-likeness (QED) is 0.336. The molecule has 0 unspecified atom stereocenters. The Kier molecular flexibility index (Phi) is 8.07. The van der Waals surface area contributed by atoms with E-state index in [0.29, 0.717) is 33.7 Å². The molecule has 0 atom stereocenters. The Morgan fingerprint density at radius 2 is 1.71 bits per heavy atom. The van der Waals surface area contributed by atoms with Gasteiger partial charge >= 0.3 is 5.97 Å². The van der Waals surface area contributed by atoms with E-state index in [1.165, 1.54) is 49.0 Å². The fourth-order valence-corrected chi connectivity index (χ4v) is 5.76. The first kappa shape index (κ1) is 24.5. The third-order valence-electron chi connectivity index (χ3n) is 6.34. The molecule has 1 aromatic heterocycles. The number of amides is 1. The first-order chi connectivity index (χ1) is 16.5. The monoisotopic (exact) mass is 495 g/mol. The molecule has 1 amide bonds. The molecular formula is C28H30ClNO3S. The Bertz CT molecular complexity index is 1150. The molecule has 1 aliphatic rings. The van der Waals surface area contributed by atoms with Crippen molar-refractivity contribution in [1.29, 1.82) is 0 Å². The van der Waals surface area contributed by atoms with E-state index in [2.05, 4.69) is 29.6 Å². The molecule has 1 fully saturated rings. The molecular weight excluding hydrogens is 466 g/mol. The standard InChI is InChI=1S/C28H30ClNO3S/c1-3-17-33-28(32)25-24(21-11-9-20(10-12-21)19-7-5-4-6-8-19)18(2)34-27(25)30-26(31)22-13-15-23(29)16-14-22/h9-16,19H,3-8,17H2,1-2H3,(H,30,31). The first-order valence-electron chi connectivity index (χ1n) is 12.0. The van der Waals surface area contributed by atoms with Gasteiger partial charge in [0.05, 0.1) is 6.61 Å². The maximum atomic E-state index is 13.1. The van der Waals surface area contributed by atoms with Crippen LogP contribution in [0.1, 0.15) is 82.5 Å². The molecule has 3 aromatic rings. The number of carbonyl (C=O) groups excluding carboxylic acids is 2. The molecule has 6 heteroatoms. The highest BCUT2D eigenvalue weighted by Gasteiger charge is 2.26. The van der Waals surface area contributed by atoms with Crippen molar-refractivity contribution in [2.75, 3.05) is 11.9 Å². The van der Waals surface area contributed by atoms with Crippen molar-refractivity contribution >= 4 is 39.8 Å². The summed E-state index contributed by atoms with van der Waals surface area (Å²) in [5.74, 6) is -0.0831. The highest BCUT2D eigenvalue weighted by atomic mass is 35.5. The number of benzene rings is 2. The summed E-state index contributed by atoms with van der Waals surface area (Å²) in [6, 6.07) is 15.2. The van der Waals surface area contributed by atoms with E-state index in [4.69, 9.17) is 16.3 Å². The van der Waals surface area contributed by atoms with Gasteiger partial charge in [-0.2, -0.15) is 0 Å². The largest absolute Gasteiger partial charge is 0.462 e. The van der Waals surface area contributed by atoms with Crippen LogP contribution >= 0.6 is 22.9 Å². The maximum absolute atomic E-state index is 13.1. The summed E-state index contributed by atoms with van der Waals surface area (Å²) >= 11 is 7.35. The van der Waals surface area contributed by atoms with Crippen molar-refractivity contribution in [1.82, 2.24) is 0 Å². The second kappa shape index (κ2) is 11.2. The summed E-state index contributed by atoms with van der Waals surface area (Å²) in [6.07, 6.45) is 7.13. The maximum Gasteiger partial charge on any atom is 0.341 e. The number of esters is 1. The van der Waals surface area contributed by atoms with E-state index in [1.54, 1.807) is 24.3 Å². The van der Waals surface area contributed by atoms with Crippen LogP contribution in [0.2, 0.25) is 5.02 Å². The molecule has 0 radical (unpaired) electrons. The van der Waals surface area contributed by atoms with Crippen LogP contribution in [0.15, 0.2) is 48.5 Å². The van der Waals surface area contributed by atoms with Crippen molar-refractivity contribution in [3.63, 3.8) is 0 Å². The predicted molar refractivity (Wildman–Crippen MR) is 140 cm³/mol. The molecule has 1 N–H and O–H groups in total. The minimum Gasteiger partial charge on any atom is -0.462 e. The highest BCUT2D eigenvalue weighted by Crippen LogP contribution is 2.41. The number of aryl methyl sites for hydroxylation is 1. The highest BCUT2D eigenvalue weighted by molar-refractivity contribution is 7.17. The zero-order valence-corrected chi connectivity index (χ0v) is 21.2. The van der Waals surface area contributed by atoms with Crippen LogP contribution in [0.5, 0.6) is 0 Å². The number of nitrogens with one attached hydrogen (secondary N) is 1. The van der Waals surface area contributed by atoms with Gasteiger partial charge in [0, 0.05) is 21.0 Å². The SMILES string of the molecule is CCCOC(=O)c1c(NC(=O)c2ccc(Cl)cc2)sc(C)c1-c1ccc(C2CCCCC2)cc1. The van der Waals surface area contributed by atoms with Crippen molar-refractivity contribution in [2.24, 2.45) is 0 Å². The summed E-state index contributed by atoms with van der Waals surface area (Å²) in [6.45, 7) is 4.27. The van der Waals surface area contributed by atoms with Gasteiger partial charge in [-0.05, 0) is 67.5 Å². The summed E-state index contributed by atoms with van der Waals surface area (Å²) in [5.41, 5.74) is 4.05. The van der Waals surface area contributed by atoms with Crippen LogP contribution in [-0.2, 0) is 4.74 Å². The lowest BCUT2D eigenvalue weighted by molar-refractivity contribution is 0.0507. The van der Waals surface area contributed by atoms with Crippen molar-refractivity contribution in [2.45, 2.75) is 58.3 Å². The summed E-state index contributed by atoms with van der Waals surface area (Å²) in [4.78, 5) is 27.0. The van der Waals surface area contributed by atoms with E-state index in [0.717, 1.165) is 22.4 Å². The van der Waals surface area contributed by atoms with E-state index in [1.807, 2.05) is 13.8 Å². The fourth-order valence-electron chi connectivity index (χ4n) is 4.58. The number of thiophene rings is 1. The van der Waals surface area contributed by atoms with Gasteiger partial charge in [0.1, 0.15) is 10.6 Å². The third-order valence-corrected chi connectivity index (χ3v) is 7.61. The molecule has 0 saturated heterocycles. The zero-order chi connectivity index (χ0) is 24.1. The number of hydrogen-bond acceptors (Lipinski definition) is 4. The number of hydrogen-bond donors (Lipinski definition) is 1. The molecule has 4 nitrogen and oxygen atoms in total. The van der Waals surface area contributed by atoms with Gasteiger partial charge in [-0.25, -0.2) is 4.79 Å². The lowest BCUT2D eigenvalue weighted by Crippen LogP contribution is -2.15. The molecule has 0 bridgehead atoms. The molecule has 0 aliphatic heterocycles. The van der Waals surface area contributed by atoms with Gasteiger partial charge < -0.3 is 10.1 Å². The Balaban J connectivity index is 1.67. The lowest BCUT2D eigenvalue weighted by atomic mass is 9.83. The molecule has 1 saturated carbocycles. The second-order valence-electron chi connectivity index (χ2n) is 8.79. The molecule has 1 aliphatic carbocycles. The third kappa shape index (κ3) is 5.53. The fraction of sp³-hybridized carbons (Fsp3) is 0.357. The predicted octanol–water partition coefficient (Wildman–Crippen LogP) is 8.24. The van der Waals surface area contributed by atoms with Crippen molar-refractivity contribution in [3.8, 4) is 11.1 Å². The van der Waals surface area contributed by atoms with Crippen LogP contribution in [-0.4, -0.2) is 18.5 Å². The van der Waals surface area contributed by atoms with Gasteiger partial charge in [0.15, 0.2) is 0 Å². The first-order valence-corrected chi connectivity index (χ1v) is 13.1. The average molecular weight is 496 g/mol. The molecule has 178 valence electrons. The zero-order valence-electron chi connectivity index (χ0n) is 19.7. The summed E-state index contributed by atoms with van der Waals surface area (Å²) in [7, 11) is 0. The van der Waals surface area contributed by atoms with E-state index >= 15 is 0 Å². The number of anilines is 1. The minimum absolute atomic E-state index is 0.290. The van der Waals surface area contributed by atoms with Gasteiger partial charge in [-0.15, -0.1) is 11.3 Å². The number of carbonyl (C=O) groups is 2. The number of halogens is 1. The van der Waals surface area contributed by atoms with Gasteiger partial charge in [0.2, 0.25) is 0 Å². The molecule has 1 heterocycles. The van der Waals surface area contributed by atoms with E-state index in [-0.39, 0.29) is 5.91 Å². The van der Waals surface area contributed by atoms with Gasteiger partial charge in [0.25, 0.3) is 5.91 Å². The smallest absolute Gasteiger partial charge is 0.341 e. The van der Waals surface area contributed by atoms with Crippen LogP contribution in [0.25, 0.3) is 11.1 Å². The van der Waals surface area contributed by atoms with E-state index < -0.39 is 5.97 Å². The molecule has 2 aromatic carbocycles. The minimum atomic E-state index is -0.413. The summed E-state index contributed by atoms with van der Waals surface area (Å²) in [5, 5.41) is 4.00. The Hall–Kier alpha value is -2.63. The number of ether oxygens (including phenoxy) is 1. The Morgan fingerprint density at radius 1 is 1.03 bits per heavy atom. The summed E-state index contributed by atoms with van der Waals surface area (Å²) < 4.78 is 5.51. The normalized spacial score (nSPS) is 14.1. The van der Waals surface area contributed by atoms with Crippen LogP contribution < -0.4 is 5.32 Å². The van der Waals surface area contributed by atoms with Crippen LogP contribution in [0, 0.1) is 6.92 Å².